The molecule has 0 fully saturated rings. The van der Waals surface area contributed by atoms with Gasteiger partial charge in [-0.3, -0.25) is 4.79 Å². The van der Waals surface area contributed by atoms with Gasteiger partial charge in [0.25, 0.3) is 5.91 Å². The highest BCUT2D eigenvalue weighted by Gasteiger charge is 2.34. The van der Waals surface area contributed by atoms with Gasteiger partial charge >= 0.3 is 6.18 Å². The second kappa shape index (κ2) is 7.29. The molecule has 9 heteroatoms. The summed E-state index contributed by atoms with van der Waals surface area (Å²) >= 11 is 5.73. The summed E-state index contributed by atoms with van der Waals surface area (Å²) < 4.78 is 44.0. The van der Waals surface area contributed by atoms with Gasteiger partial charge in [-0.2, -0.15) is 13.2 Å². The van der Waals surface area contributed by atoms with Crippen LogP contribution in [0.5, 0.6) is 0 Å². The van der Waals surface area contributed by atoms with Gasteiger partial charge in [0, 0.05) is 0 Å². The number of nitrogens with zero attached hydrogens (tertiary/aromatic N) is 1. The van der Waals surface area contributed by atoms with Crippen LogP contribution in [-0.2, 0) is 6.18 Å². The van der Waals surface area contributed by atoms with Crippen LogP contribution in [0.25, 0.3) is 11.0 Å². The van der Waals surface area contributed by atoms with E-state index in [4.69, 9.17) is 16.0 Å². The average Bonchev–Trinajstić information content (AvgIpc) is 3.32. The van der Waals surface area contributed by atoms with Crippen molar-refractivity contribution in [2.75, 3.05) is 0 Å². The third kappa shape index (κ3) is 3.97. The number of hydrogen-bond donors (Lipinski definition) is 2. The van der Waals surface area contributed by atoms with Gasteiger partial charge in [-0.05, 0) is 47.0 Å². The van der Waals surface area contributed by atoms with E-state index in [1.807, 2.05) is 6.07 Å². The van der Waals surface area contributed by atoms with Crippen LogP contribution in [0.1, 0.15) is 33.5 Å². The van der Waals surface area contributed by atoms with Gasteiger partial charge in [0.1, 0.15) is 0 Å². The molecule has 0 radical (unpaired) electrons. The number of furan rings is 1. The highest BCUT2D eigenvalue weighted by Crippen LogP contribution is 2.30. The van der Waals surface area contributed by atoms with Gasteiger partial charge in [0.2, 0.25) is 5.82 Å². The minimum atomic E-state index is -4.58. The summed E-state index contributed by atoms with van der Waals surface area (Å²) in [5, 5.41) is 2.91. The number of aromatic nitrogens is 2. The fourth-order valence-corrected chi connectivity index (χ4v) is 3.13. The normalized spacial score (nSPS) is 12.8. The van der Waals surface area contributed by atoms with Crippen LogP contribution in [0.4, 0.5) is 13.2 Å². The number of imidazole rings is 1. The number of alkyl halides is 3. The van der Waals surface area contributed by atoms with Crippen molar-refractivity contribution >= 4 is 28.5 Å². The Morgan fingerprint density at radius 2 is 1.83 bits per heavy atom. The molecule has 1 atom stereocenters. The van der Waals surface area contributed by atoms with Gasteiger partial charge in [-0.1, -0.05) is 36.4 Å². The molecule has 0 saturated carbocycles. The van der Waals surface area contributed by atoms with Crippen LogP contribution in [0.2, 0.25) is 5.22 Å². The molecule has 0 spiro atoms. The number of fused-ring (bicyclic) bond motifs is 1. The van der Waals surface area contributed by atoms with Gasteiger partial charge < -0.3 is 14.7 Å². The Bertz CT molecular complexity index is 1170. The van der Waals surface area contributed by atoms with Crippen molar-refractivity contribution < 1.29 is 22.4 Å². The molecule has 0 saturated heterocycles. The van der Waals surface area contributed by atoms with E-state index in [9.17, 15) is 18.0 Å². The molecule has 4 aromatic rings. The lowest BCUT2D eigenvalue weighted by Gasteiger charge is -2.19. The number of benzene rings is 2. The summed E-state index contributed by atoms with van der Waals surface area (Å²) in [6.45, 7) is 0. The number of carbonyl (C=O) groups excluding carboxylic acids is 1. The molecule has 0 aliphatic heterocycles. The minimum absolute atomic E-state index is 0.0258. The number of halogens is 4. The molecule has 29 heavy (non-hydrogen) atoms. The van der Waals surface area contributed by atoms with Crippen LogP contribution in [0.3, 0.4) is 0 Å². The van der Waals surface area contributed by atoms with Crippen molar-refractivity contribution in [1.29, 1.82) is 0 Å². The Morgan fingerprint density at radius 3 is 2.48 bits per heavy atom. The van der Waals surface area contributed by atoms with E-state index in [0.29, 0.717) is 5.56 Å². The van der Waals surface area contributed by atoms with E-state index >= 15 is 0 Å². The summed E-state index contributed by atoms with van der Waals surface area (Å²) in [7, 11) is 0. The van der Waals surface area contributed by atoms with Crippen molar-refractivity contribution in [2.45, 2.75) is 12.2 Å². The Kier molecular flexibility index (Phi) is 4.79. The van der Waals surface area contributed by atoms with E-state index in [1.54, 1.807) is 30.3 Å². The van der Waals surface area contributed by atoms with Gasteiger partial charge in [0.15, 0.2) is 11.0 Å². The molecule has 0 aliphatic rings. The Labute approximate surface area is 167 Å². The summed E-state index contributed by atoms with van der Waals surface area (Å²) in [6.07, 6.45) is -4.58. The van der Waals surface area contributed by atoms with E-state index in [0.717, 1.165) is 5.56 Å². The number of carbonyl (C=O) groups is 1. The summed E-state index contributed by atoms with van der Waals surface area (Å²) in [5.74, 6) is -1.56. The Balaban J connectivity index is 1.73. The predicted molar refractivity (Wildman–Crippen MR) is 101 cm³/mol. The molecule has 0 aliphatic carbocycles. The lowest BCUT2D eigenvalue weighted by molar-refractivity contribution is -0.144. The second-order valence-corrected chi connectivity index (χ2v) is 6.65. The van der Waals surface area contributed by atoms with Crippen LogP contribution in [-0.4, -0.2) is 15.9 Å². The predicted octanol–water partition coefficient (Wildman–Crippen LogP) is 5.35. The third-order valence-corrected chi connectivity index (χ3v) is 4.52. The Hall–Kier alpha value is -3.26. The van der Waals surface area contributed by atoms with Gasteiger partial charge in [-0.25, -0.2) is 4.98 Å². The first-order chi connectivity index (χ1) is 13.8. The van der Waals surface area contributed by atoms with E-state index in [2.05, 4.69) is 15.3 Å². The number of H-pyrrole nitrogens is 1. The average molecular weight is 420 g/mol. The maximum atomic E-state index is 12.9. The summed E-state index contributed by atoms with van der Waals surface area (Å²) in [5.41, 5.74) is 1.71. The number of aromatic amines is 1. The van der Waals surface area contributed by atoms with Crippen molar-refractivity contribution in [3.8, 4) is 0 Å². The quantitative estimate of drug-likeness (QED) is 0.468. The van der Waals surface area contributed by atoms with Crippen LogP contribution >= 0.6 is 11.6 Å². The van der Waals surface area contributed by atoms with Gasteiger partial charge in [-0.15, -0.1) is 0 Å². The van der Waals surface area contributed by atoms with Crippen molar-refractivity contribution in [2.24, 2.45) is 0 Å². The molecule has 4 rings (SSSR count). The monoisotopic (exact) mass is 419 g/mol. The maximum absolute atomic E-state index is 12.9. The number of amides is 1. The lowest BCUT2D eigenvalue weighted by Crippen LogP contribution is -2.29. The fraction of sp³-hybridized carbons (Fsp3) is 0.100. The molecule has 2 heterocycles. The zero-order valence-electron chi connectivity index (χ0n) is 14.6. The van der Waals surface area contributed by atoms with Crippen LogP contribution in [0, 0.1) is 0 Å². The number of hydrogen-bond acceptors (Lipinski definition) is 3. The SMILES string of the molecule is O=C(NC(c1ccccc1)c1ccc2nc(C(F)(F)F)[nH]c2c1)c1ccc(Cl)o1. The molecule has 148 valence electrons. The molecular weight excluding hydrogens is 407 g/mol. The van der Waals surface area contributed by atoms with E-state index < -0.39 is 23.9 Å². The number of rotatable bonds is 4. The first kappa shape index (κ1) is 19.1. The van der Waals surface area contributed by atoms with Crippen LogP contribution in [0.15, 0.2) is 65.1 Å². The zero-order valence-corrected chi connectivity index (χ0v) is 15.4. The third-order valence-electron chi connectivity index (χ3n) is 4.31. The molecule has 2 aromatic heterocycles. The first-order valence-corrected chi connectivity index (χ1v) is 8.87. The summed E-state index contributed by atoms with van der Waals surface area (Å²) in [6, 6.07) is 15.9. The van der Waals surface area contributed by atoms with Crippen molar-refractivity contribution in [3.05, 3.63) is 88.6 Å². The largest absolute Gasteiger partial charge is 0.449 e. The van der Waals surface area contributed by atoms with Gasteiger partial charge in [0.05, 0.1) is 17.1 Å². The molecule has 0 bridgehead atoms. The van der Waals surface area contributed by atoms with Crippen molar-refractivity contribution in [3.63, 3.8) is 0 Å². The number of nitrogens with one attached hydrogen (secondary N) is 2. The lowest BCUT2D eigenvalue weighted by atomic mass is 9.98. The topological polar surface area (TPSA) is 70.9 Å². The molecule has 5 nitrogen and oxygen atoms in total. The smallest absolute Gasteiger partial charge is 0.440 e. The molecule has 1 amide bonds. The van der Waals surface area contributed by atoms with Crippen LogP contribution < -0.4 is 5.32 Å². The Morgan fingerprint density at radius 1 is 1.07 bits per heavy atom. The highest BCUT2D eigenvalue weighted by atomic mass is 35.5. The second-order valence-electron chi connectivity index (χ2n) is 6.28. The zero-order chi connectivity index (χ0) is 20.6. The maximum Gasteiger partial charge on any atom is 0.449 e. The highest BCUT2D eigenvalue weighted by molar-refractivity contribution is 6.29. The van der Waals surface area contributed by atoms with Crippen molar-refractivity contribution in [1.82, 2.24) is 15.3 Å². The van der Waals surface area contributed by atoms with E-state index in [-0.39, 0.29) is 22.0 Å². The fourth-order valence-electron chi connectivity index (χ4n) is 2.98. The summed E-state index contributed by atoms with van der Waals surface area (Å²) in [4.78, 5) is 18.4. The molecular formula is C20H13ClF3N3O2. The minimum Gasteiger partial charge on any atom is -0.440 e. The molecule has 2 N–H and O–H groups in total. The molecule has 2 aromatic carbocycles. The molecule has 1 unspecified atom stereocenters. The van der Waals surface area contributed by atoms with E-state index in [1.165, 1.54) is 24.3 Å². The first-order valence-electron chi connectivity index (χ1n) is 8.49. The standard InChI is InChI=1S/C20H13ClF3N3O2/c21-16-9-8-15(29-16)18(28)27-17(11-4-2-1-3-5-11)12-6-7-13-14(10-12)26-19(25-13)20(22,23)24/h1-10,17H,(H,25,26)(H,27,28).